The van der Waals surface area contributed by atoms with Crippen LogP contribution in [0.1, 0.15) is 71.1 Å². The largest absolute Gasteiger partial charge is 0.472 e. The van der Waals surface area contributed by atoms with Gasteiger partial charge in [-0.2, -0.15) is 0 Å². The maximum atomic E-state index is 12.0. The van der Waals surface area contributed by atoms with Crippen LogP contribution in [0.2, 0.25) is 0 Å². The van der Waals surface area contributed by atoms with Crippen molar-refractivity contribution in [2.24, 2.45) is 5.73 Å². The Morgan fingerprint density at radius 2 is 1.46 bits per heavy atom. The number of likely N-dealkylation sites (N-methyl/N-ethyl adjacent to an activating group) is 1. The second kappa shape index (κ2) is 16.8. The molecular weight excluding hydrogens is 379 g/mol. The third-order valence-electron chi connectivity index (χ3n) is 4.51. The Bertz CT molecular complexity index is 405. The van der Waals surface area contributed by atoms with E-state index in [4.69, 9.17) is 19.5 Å². The molecule has 0 amide bonds. The summed E-state index contributed by atoms with van der Waals surface area (Å²) in [7, 11) is 1.84. The highest BCUT2D eigenvalue weighted by Gasteiger charge is 2.27. The first-order chi connectivity index (χ1) is 13.2. The highest BCUT2D eigenvalue weighted by Crippen LogP contribution is 2.44. The Hall–Kier alpha value is -0.0100. The van der Waals surface area contributed by atoms with Crippen molar-refractivity contribution in [1.29, 1.82) is 0 Å². The Balaban J connectivity index is 3.68. The van der Waals surface area contributed by atoms with Crippen LogP contribution in [0.15, 0.2) is 0 Å². The first-order valence-electron chi connectivity index (χ1n) is 10.9. The topological polar surface area (TPSA) is 91.0 Å². The van der Waals surface area contributed by atoms with Gasteiger partial charge in [0.25, 0.3) is 0 Å². The predicted molar refractivity (Wildman–Crippen MR) is 115 cm³/mol. The molecule has 0 spiro atoms. The molecule has 0 radical (unpaired) electrons. The Kier molecular flexibility index (Phi) is 16.7. The molecule has 0 aromatic carbocycles. The molecule has 0 aliphatic rings. The van der Waals surface area contributed by atoms with E-state index in [2.05, 4.69) is 6.92 Å². The zero-order chi connectivity index (χ0) is 21.3. The van der Waals surface area contributed by atoms with E-state index in [0.717, 1.165) is 12.8 Å². The van der Waals surface area contributed by atoms with E-state index in [1.165, 1.54) is 51.4 Å². The van der Waals surface area contributed by atoms with Crippen LogP contribution in [0.3, 0.4) is 0 Å². The van der Waals surface area contributed by atoms with Gasteiger partial charge in [-0.3, -0.25) is 9.05 Å². The van der Waals surface area contributed by atoms with Crippen molar-refractivity contribution in [2.75, 3.05) is 54.1 Å². The van der Waals surface area contributed by atoms with Crippen molar-refractivity contribution < 1.29 is 27.7 Å². The number of hydrogen-bond acceptors (Lipinski definition) is 5. The van der Waals surface area contributed by atoms with Crippen molar-refractivity contribution >= 4 is 7.82 Å². The Labute approximate surface area is 173 Å². The average molecular weight is 426 g/mol. The number of unbranched alkanes of at least 4 members (excludes halogenated alkanes) is 9. The zero-order valence-corrected chi connectivity index (χ0v) is 19.6. The lowest BCUT2D eigenvalue weighted by molar-refractivity contribution is -0.870. The van der Waals surface area contributed by atoms with E-state index in [-0.39, 0.29) is 19.8 Å². The Morgan fingerprint density at radius 1 is 0.929 bits per heavy atom. The number of nitrogens with two attached hydrogens (primary N) is 1. The van der Waals surface area contributed by atoms with Crippen LogP contribution in [0.4, 0.5) is 0 Å². The summed E-state index contributed by atoms with van der Waals surface area (Å²) < 4.78 is 28.3. The number of nitrogens with zero attached hydrogens (tertiary/aromatic N) is 1. The molecule has 0 aromatic rings. The minimum atomic E-state index is -4.11. The minimum absolute atomic E-state index is 0.112. The smallest absolute Gasteiger partial charge is 0.379 e. The molecule has 0 aromatic heterocycles. The average Bonchev–Trinajstić information content (AvgIpc) is 2.60. The van der Waals surface area contributed by atoms with E-state index in [1.54, 1.807) is 0 Å². The van der Waals surface area contributed by atoms with Crippen molar-refractivity contribution in [3.05, 3.63) is 0 Å². The number of quaternary nitrogens is 1. The van der Waals surface area contributed by atoms with Gasteiger partial charge >= 0.3 is 7.82 Å². The molecule has 0 aliphatic heterocycles. The van der Waals surface area contributed by atoms with E-state index in [0.29, 0.717) is 17.6 Å². The van der Waals surface area contributed by atoms with Crippen LogP contribution in [0.25, 0.3) is 0 Å². The maximum absolute atomic E-state index is 12.0. The van der Waals surface area contributed by atoms with Crippen LogP contribution in [0, 0.1) is 0 Å². The standard InChI is InChI=1S/C20H45N2O5P/c1-5-6-7-8-9-10-11-12-13-14-16-25-19-20(18-21)27-28(23,24)26-17-15-22(2,3)4/h20H,5-19,21H2,1-4H3/p+1. The van der Waals surface area contributed by atoms with Gasteiger partial charge in [0.05, 0.1) is 27.7 Å². The fraction of sp³-hybridized carbons (Fsp3) is 1.00. The quantitative estimate of drug-likeness (QED) is 0.173. The fourth-order valence-electron chi connectivity index (χ4n) is 2.70. The van der Waals surface area contributed by atoms with Crippen LogP contribution in [-0.2, 0) is 18.3 Å². The lowest BCUT2D eigenvalue weighted by atomic mass is 10.1. The first-order valence-corrected chi connectivity index (χ1v) is 12.4. The van der Waals surface area contributed by atoms with Crippen LogP contribution in [-0.4, -0.2) is 69.5 Å². The normalized spacial score (nSPS) is 15.5. The van der Waals surface area contributed by atoms with Gasteiger partial charge in [0, 0.05) is 13.2 Å². The van der Waals surface area contributed by atoms with Gasteiger partial charge in [-0.1, -0.05) is 64.7 Å². The second-order valence-electron chi connectivity index (χ2n) is 8.54. The molecule has 7 nitrogen and oxygen atoms in total. The molecule has 2 unspecified atom stereocenters. The molecule has 0 aliphatic carbocycles. The lowest BCUT2D eigenvalue weighted by Crippen LogP contribution is -2.37. The number of hydrogen-bond donors (Lipinski definition) is 2. The van der Waals surface area contributed by atoms with Gasteiger partial charge in [-0.15, -0.1) is 0 Å². The van der Waals surface area contributed by atoms with E-state index >= 15 is 0 Å². The third-order valence-corrected chi connectivity index (χ3v) is 5.58. The first kappa shape index (κ1) is 28.0. The molecule has 8 heteroatoms. The summed E-state index contributed by atoms with van der Waals surface area (Å²) in [6.45, 7) is 3.94. The van der Waals surface area contributed by atoms with Gasteiger partial charge in [0.2, 0.25) is 0 Å². The molecule has 0 fully saturated rings. The predicted octanol–water partition coefficient (Wildman–Crippen LogP) is 4.09. The van der Waals surface area contributed by atoms with Crippen molar-refractivity contribution in [3.63, 3.8) is 0 Å². The molecule has 0 heterocycles. The van der Waals surface area contributed by atoms with Gasteiger partial charge in [0.1, 0.15) is 19.3 Å². The number of phosphoric acid groups is 1. The van der Waals surface area contributed by atoms with Crippen LogP contribution < -0.4 is 5.73 Å². The summed E-state index contributed by atoms with van der Waals surface area (Å²) in [6, 6.07) is 0. The molecule has 2 atom stereocenters. The summed E-state index contributed by atoms with van der Waals surface area (Å²) in [5.41, 5.74) is 5.62. The lowest BCUT2D eigenvalue weighted by Gasteiger charge is -2.25. The highest BCUT2D eigenvalue weighted by molar-refractivity contribution is 7.47. The zero-order valence-electron chi connectivity index (χ0n) is 18.7. The van der Waals surface area contributed by atoms with Gasteiger partial charge < -0.3 is 19.8 Å². The maximum Gasteiger partial charge on any atom is 0.472 e. The van der Waals surface area contributed by atoms with Crippen molar-refractivity contribution in [1.82, 2.24) is 0 Å². The molecule has 0 saturated carbocycles. The van der Waals surface area contributed by atoms with E-state index in [1.807, 2.05) is 21.1 Å². The van der Waals surface area contributed by atoms with Gasteiger partial charge in [-0.05, 0) is 6.42 Å². The van der Waals surface area contributed by atoms with Crippen molar-refractivity contribution in [3.8, 4) is 0 Å². The van der Waals surface area contributed by atoms with Gasteiger partial charge in [-0.25, -0.2) is 4.57 Å². The second-order valence-corrected chi connectivity index (χ2v) is 9.94. The molecule has 3 N–H and O–H groups in total. The minimum Gasteiger partial charge on any atom is -0.379 e. The number of rotatable bonds is 20. The molecule has 0 saturated heterocycles. The van der Waals surface area contributed by atoms with Gasteiger partial charge in [0.15, 0.2) is 0 Å². The molecule has 28 heavy (non-hydrogen) atoms. The number of ether oxygens (including phenoxy) is 1. The third kappa shape index (κ3) is 19.3. The molecule has 0 rings (SSSR count). The summed E-state index contributed by atoms with van der Waals surface area (Å²) in [5.74, 6) is 0. The summed E-state index contributed by atoms with van der Waals surface area (Å²) in [6.07, 6.45) is 12.1. The molecule has 170 valence electrons. The fourth-order valence-corrected chi connectivity index (χ4v) is 3.59. The summed E-state index contributed by atoms with van der Waals surface area (Å²) in [4.78, 5) is 9.80. The van der Waals surface area contributed by atoms with Crippen LogP contribution >= 0.6 is 7.82 Å². The SMILES string of the molecule is CCCCCCCCCCCCOCC(CN)OP(=O)(O)OCC[N+](C)(C)C. The molecule has 0 bridgehead atoms. The monoisotopic (exact) mass is 425 g/mol. The number of phosphoric ester groups is 1. The van der Waals surface area contributed by atoms with E-state index in [9.17, 15) is 9.46 Å². The Morgan fingerprint density at radius 3 is 1.96 bits per heavy atom. The summed E-state index contributed by atoms with van der Waals surface area (Å²) >= 11 is 0. The summed E-state index contributed by atoms with van der Waals surface area (Å²) in [5, 5.41) is 0. The van der Waals surface area contributed by atoms with Crippen molar-refractivity contribution in [2.45, 2.75) is 77.2 Å². The molecular formula is C20H46N2O5P+. The van der Waals surface area contributed by atoms with Crippen LogP contribution in [0.5, 0.6) is 0 Å². The highest BCUT2D eigenvalue weighted by atomic mass is 31.2. The van der Waals surface area contributed by atoms with E-state index < -0.39 is 13.9 Å².